The lowest BCUT2D eigenvalue weighted by atomic mass is 9.95. The molecule has 40 heavy (non-hydrogen) atoms. The molecular formula is C27H25F7N4O2. The Balaban J connectivity index is 1.46. The number of benzene rings is 2. The Bertz CT molecular complexity index is 1400. The van der Waals surface area contributed by atoms with Crippen LogP contribution in [0.2, 0.25) is 0 Å². The van der Waals surface area contributed by atoms with E-state index in [1.807, 2.05) is 30.3 Å². The minimum Gasteiger partial charge on any atom is -0.352 e. The number of aromatic amines is 1. The lowest BCUT2D eigenvalue weighted by Gasteiger charge is -2.31. The van der Waals surface area contributed by atoms with Gasteiger partial charge < -0.3 is 15.2 Å². The fourth-order valence-electron chi connectivity index (χ4n) is 4.62. The zero-order valence-electron chi connectivity index (χ0n) is 21.0. The van der Waals surface area contributed by atoms with Crippen molar-refractivity contribution < 1.29 is 35.5 Å². The van der Waals surface area contributed by atoms with Crippen LogP contribution in [0.15, 0.2) is 53.3 Å². The molecule has 1 saturated heterocycles. The van der Waals surface area contributed by atoms with E-state index >= 15 is 4.39 Å². The highest BCUT2D eigenvalue weighted by Gasteiger charge is 2.38. The number of aromatic nitrogens is 2. The van der Waals surface area contributed by atoms with Crippen LogP contribution in [0.5, 0.6) is 0 Å². The van der Waals surface area contributed by atoms with Crippen molar-refractivity contribution in [3.05, 3.63) is 87.1 Å². The van der Waals surface area contributed by atoms with E-state index in [0.29, 0.717) is 32.0 Å². The molecule has 0 saturated carbocycles. The van der Waals surface area contributed by atoms with Gasteiger partial charge in [-0.3, -0.25) is 9.59 Å². The normalized spacial score (nSPS) is 15.3. The van der Waals surface area contributed by atoms with Gasteiger partial charge in [-0.25, -0.2) is 9.37 Å². The number of nitrogens with one attached hydrogen (secondary N) is 2. The van der Waals surface area contributed by atoms with E-state index in [2.05, 4.69) is 15.2 Å². The maximum absolute atomic E-state index is 15.4. The van der Waals surface area contributed by atoms with Gasteiger partial charge in [0.2, 0.25) is 5.91 Å². The van der Waals surface area contributed by atoms with Gasteiger partial charge in [-0.05, 0) is 44.0 Å². The van der Waals surface area contributed by atoms with Gasteiger partial charge in [-0.1, -0.05) is 36.4 Å². The molecule has 1 amide bonds. The Kier molecular flexibility index (Phi) is 8.62. The number of hydrogen-bond donors (Lipinski definition) is 2. The van der Waals surface area contributed by atoms with Crippen LogP contribution in [0.25, 0.3) is 11.4 Å². The average Bonchev–Trinajstić information content (AvgIpc) is 2.90. The standard InChI is InChI=1S/C27H25F7N4O2/c28-23-18(15-35-25(40)17-9-12-38(13-10-17)11-8-16-4-2-1-3-5-16)6-7-19(26(29,30)31)22(23)24-36-20(27(32,33)34)14-21(39)37-24/h1-7,14,17H,8-13,15H2,(H,35,40)(H,36,37,39). The fourth-order valence-corrected chi connectivity index (χ4v) is 4.62. The van der Waals surface area contributed by atoms with Gasteiger partial charge in [0.1, 0.15) is 11.6 Å². The molecule has 0 spiro atoms. The molecule has 0 unspecified atom stereocenters. The first-order valence-electron chi connectivity index (χ1n) is 12.4. The van der Waals surface area contributed by atoms with E-state index in [0.717, 1.165) is 19.0 Å². The molecule has 0 atom stereocenters. The van der Waals surface area contributed by atoms with Gasteiger partial charge in [0.15, 0.2) is 5.69 Å². The van der Waals surface area contributed by atoms with Crippen LogP contribution < -0.4 is 10.9 Å². The SMILES string of the molecule is O=C(NCc1ccc(C(F)(F)F)c(-c2nc(C(F)(F)F)cc(=O)[nH]2)c1F)C1CCN(CCc2ccccc2)CC1. The molecule has 6 nitrogen and oxygen atoms in total. The van der Waals surface area contributed by atoms with E-state index in [4.69, 9.17) is 0 Å². The first-order chi connectivity index (χ1) is 18.8. The number of H-pyrrole nitrogens is 1. The lowest BCUT2D eigenvalue weighted by molar-refractivity contribution is -0.141. The summed E-state index contributed by atoms with van der Waals surface area (Å²) >= 11 is 0. The fraction of sp³-hybridized carbons (Fsp3) is 0.370. The Morgan fingerprint density at radius 3 is 2.30 bits per heavy atom. The van der Waals surface area contributed by atoms with Gasteiger partial charge in [0.25, 0.3) is 5.56 Å². The van der Waals surface area contributed by atoms with Gasteiger partial charge in [-0.2, -0.15) is 26.3 Å². The molecule has 3 aromatic rings. The summed E-state index contributed by atoms with van der Waals surface area (Å²) in [5.74, 6) is -3.56. The number of likely N-dealkylation sites (tertiary alicyclic amines) is 1. The van der Waals surface area contributed by atoms with Crippen molar-refractivity contribution in [2.24, 2.45) is 5.92 Å². The van der Waals surface area contributed by atoms with Crippen molar-refractivity contribution in [2.45, 2.75) is 38.2 Å². The maximum Gasteiger partial charge on any atom is 0.433 e. The third-order valence-corrected chi connectivity index (χ3v) is 6.77. The first kappa shape index (κ1) is 29.2. The first-order valence-corrected chi connectivity index (χ1v) is 12.4. The van der Waals surface area contributed by atoms with E-state index < -0.39 is 64.4 Å². The van der Waals surface area contributed by atoms with Gasteiger partial charge in [0.05, 0.1) is 11.1 Å². The molecule has 1 aromatic heterocycles. The smallest absolute Gasteiger partial charge is 0.352 e. The van der Waals surface area contributed by atoms with Gasteiger partial charge in [0, 0.05) is 30.6 Å². The van der Waals surface area contributed by atoms with E-state index in [1.165, 1.54) is 5.56 Å². The third kappa shape index (κ3) is 7.06. The number of amides is 1. The van der Waals surface area contributed by atoms with Gasteiger partial charge >= 0.3 is 12.4 Å². The lowest BCUT2D eigenvalue weighted by Crippen LogP contribution is -2.41. The van der Waals surface area contributed by atoms with Crippen molar-refractivity contribution in [2.75, 3.05) is 19.6 Å². The average molecular weight is 571 g/mol. The molecule has 214 valence electrons. The topological polar surface area (TPSA) is 78.1 Å². The Morgan fingerprint density at radius 1 is 1.00 bits per heavy atom. The molecule has 2 aromatic carbocycles. The monoisotopic (exact) mass is 570 g/mol. The van der Waals surface area contributed by atoms with Crippen LogP contribution in [-0.2, 0) is 30.1 Å². The number of nitrogens with zero attached hydrogens (tertiary/aromatic N) is 2. The highest BCUT2D eigenvalue weighted by atomic mass is 19.4. The van der Waals surface area contributed by atoms with Crippen molar-refractivity contribution in [3.63, 3.8) is 0 Å². The summed E-state index contributed by atoms with van der Waals surface area (Å²) in [6, 6.07) is 11.3. The molecule has 0 bridgehead atoms. The van der Waals surface area contributed by atoms with Crippen LogP contribution in [0.1, 0.15) is 35.2 Å². The summed E-state index contributed by atoms with van der Waals surface area (Å²) in [6.45, 7) is 1.65. The molecular weight excluding hydrogens is 545 g/mol. The highest BCUT2D eigenvalue weighted by molar-refractivity contribution is 5.78. The van der Waals surface area contributed by atoms with Gasteiger partial charge in [-0.15, -0.1) is 0 Å². The Morgan fingerprint density at radius 2 is 1.68 bits per heavy atom. The van der Waals surface area contributed by atoms with Crippen LogP contribution in [-0.4, -0.2) is 40.4 Å². The number of carbonyl (C=O) groups excluding carboxylic acids is 1. The molecule has 1 fully saturated rings. The van der Waals surface area contributed by atoms with Crippen LogP contribution in [0.3, 0.4) is 0 Å². The number of carbonyl (C=O) groups is 1. The molecule has 2 heterocycles. The zero-order chi connectivity index (χ0) is 29.1. The highest BCUT2D eigenvalue weighted by Crippen LogP contribution is 2.39. The number of halogens is 7. The summed E-state index contributed by atoms with van der Waals surface area (Å²) in [7, 11) is 0. The molecule has 0 aliphatic carbocycles. The molecule has 2 N–H and O–H groups in total. The maximum atomic E-state index is 15.4. The molecule has 4 rings (SSSR count). The van der Waals surface area contributed by atoms with Crippen molar-refractivity contribution >= 4 is 5.91 Å². The Labute approximate surface area is 224 Å². The Hall–Kier alpha value is -3.74. The van der Waals surface area contributed by atoms with Crippen molar-refractivity contribution in [3.8, 4) is 11.4 Å². The number of alkyl halides is 6. The second-order valence-corrected chi connectivity index (χ2v) is 9.51. The number of piperidine rings is 1. The van der Waals surface area contributed by atoms with Crippen LogP contribution in [0.4, 0.5) is 30.7 Å². The summed E-state index contributed by atoms with van der Waals surface area (Å²) in [6.07, 6.45) is -8.38. The molecule has 13 heteroatoms. The van der Waals surface area contributed by atoms with Crippen molar-refractivity contribution in [1.82, 2.24) is 20.2 Å². The largest absolute Gasteiger partial charge is 0.433 e. The van der Waals surface area contributed by atoms with E-state index in [1.54, 1.807) is 4.98 Å². The quantitative estimate of drug-likeness (QED) is 0.384. The van der Waals surface area contributed by atoms with Crippen LogP contribution >= 0.6 is 0 Å². The van der Waals surface area contributed by atoms with E-state index in [9.17, 15) is 35.9 Å². The number of rotatable bonds is 7. The van der Waals surface area contributed by atoms with Crippen molar-refractivity contribution in [1.29, 1.82) is 0 Å². The molecule has 0 radical (unpaired) electrons. The summed E-state index contributed by atoms with van der Waals surface area (Å²) in [4.78, 5) is 31.5. The second kappa shape index (κ2) is 11.8. The zero-order valence-corrected chi connectivity index (χ0v) is 21.0. The predicted octanol–water partition coefficient (Wildman–Crippen LogP) is 5.18. The third-order valence-electron chi connectivity index (χ3n) is 6.77. The second-order valence-electron chi connectivity index (χ2n) is 9.51. The molecule has 1 aliphatic heterocycles. The number of hydrogen-bond acceptors (Lipinski definition) is 4. The summed E-state index contributed by atoms with van der Waals surface area (Å²) in [5, 5.41) is 2.52. The predicted molar refractivity (Wildman–Crippen MR) is 131 cm³/mol. The minimum atomic E-state index is -5.17. The molecule has 1 aliphatic rings. The van der Waals surface area contributed by atoms with E-state index in [-0.39, 0.29) is 12.0 Å². The summed E-state index contributed by atoms with van der Waals surface area (Å²) in [5.41, 5.74) is -5.34. The minimum absolute atomic E-state index is 0.0612. The van der Waals surface area contributed by atoms with Crippen LogP contribution in [0, 0.1) is 11.7 Å². The summed E-state index contributed by atoms with van der Waals surface area (Å²) < 4.78 is 95.7.